The lowest BCUT2D eigenvalue weighted by molar-refractivity contribution is 0.103. The van der Waals surface area contributed by atoms with Crippen molar-refractivity contribution in [3.05, 3.63) is 59.7 Å². The zero-order valence-electron chi connectivity index (χ0n) is 10.6. The van der Waals surface area contributed by atoms with Crippen LogP contribution in [-0.2, 0) is 10.1 Å². The molecule has 0 unspecified atom stereocenters. The maximum Gasteiger partial charge on any atom is 0.328 e. The summed E-state index contributed by atoms with van der Waals surface area (Å²) in [5, 5.41) is -0.540. The van der Waals surface area contributed by atoms with Gasteiger partial charge in [0.05, 0.1) is 11.0 Å². The molecule has 0 spiro atoms. The molecule has 0 radical (unpaired) electrons. The Kier molecular flexibility index (Phi) is 3.08. The molecule has 0 amide bonds. The van der Waals surface area contributed by atoms with Crippen molar-refractivity contribution >= 4 is 26.9 Å². The third-order valence-electron chi connectivity index (χ3n) is 3.00. The fraction of sp³-hybridized carbons (Fsp3) is 0. The van der Waals surface area contributed by atoms with Gasteiger partial charge in [-0.25, -0.2) is 4.98 Å². The molecule has 1 aromatic heterocycles. The van der Waals surface area contributed by atoms with E-state index in [1.807, 2.05) is 6.07 Å². The summed E-state index contributed by atoms with van der Waals surface area (Å²) in [5.74, 6) is -0.180. The number of benzene rings is 2. The summed E-state index contributed by atoms with van der Waals surface area (Å²) in [5.41, 5.74) is 1.65. The third kappa shape index (κ3) is 2.56. The summed E-state index contributed by atoms with van der Waals surface area (Å²) in [7, 11) is -4.40. The monoisotopic (exact) mass is 302 g/mol. The van der Waals surface area contributed by atoms with E-state index in [4.69, 9.17) is 4.55 Å². The first-order valence-electron chi connectivity index (χ1n) is 6.02. The van der Waals surface area contributed by atoms with E-state index in [9.17, 15) is 13.2 Å². The molecule has 0 saturated heterocycles. The number of aromatic amines is 1. The van der Waals surface area contributed by atoms with Gasteiger partial charge >= 0.3 is 10.1 Å². The van der Waals surface area contributed by atoms with Gasteiger partial charge in [-0.05, 0) is 18.2 Å². The molecule has 21 heavy (non-hydrogen) atoms. The molecule has 0 fully saturated rings. The lowest BCUT2D eigenvalue weighted by Gasteiger charge is -2.00. The van der Waals surface area contributed by atoms with Crippen LogP contribution < -0.4 is 0 Å². The highest BCUT2D eigenvalue weighted by Crippen LogP contribution is 2.18. The molecule has 1 heterocycles. The Morgan fingerprint density at radius 3 is 2.43 bits per heavy atom. The van der Waals surface area contributed by atoms with E-state index < -0.39 is 15.3 Å². The molecule has 106 valence electrons. The first-order valence-corrected chi connectivity index (χ1v) is 7.46. The van der Waals surface area contributed by atoms with Crippen LogP contribution >= 0.6 is 0 Å². The molecule has 3 aromatic rings. The molecule has 3 rings (SSSR count). The van der Waals surface area contributed by atoms with Crippen molar-refractivity contribution in [2.45, 2.75) is 5.16 Å². The average molecular weight is 302 g/mol. The van der Waals surface area contributed by atoms with Crippen LogP contribution in [0.25, 0.3) is 11.0 Å². The number of carbonyl (C=O) groups is 1. The zero-order chi connectivity index (χ0) is 15.0. The van der Waals surface area contributed by atoms with Crippen LogP contribution in [0.15, 0.2) is 53.7 Å². The maximum atomic E-state index is 12.3. The average Bonchev–Trinajstić information content (AvgIpc) is 2.90. The van der Waals surface area contributed by atoms with Crippen LogP contribution in [-0.4, -0.2) is 28.7 Å². The Hall–Kier alpha value is -2.51. The molecule has 0 aliphatic rings. The largest absolute Gasteiger partial charge is 0.328 e. The number of ketones is 1. The van der Waals surface area contributed by atoms with Gasteiger partial charge in [0.1, 0.15) is 0 Å². The second kappa shape index (κ2) is 4.80. The standard InChI is InChI=1S/C14H10N2O4S/c17-13(9-4-2-1-3-5-9)10-6-7-11-12(8-10)16-14(15-11)21(18,19)20/h1-8H,(H,15,16)(H,18,19,20). The lowest BCUT2D eigenvalue weighted by Crippen LogP contribution is -2.00. The maximum absolute atomic E-state index is 12.3. The van der Waals surface area contributed by atoms with Crippen molar-refractivity contribution in [1.82, 2.24) is 9.97 Å². The molecule has 2 N–H and O–H groups in total. The number of carbonyl (C=O) groups excluding carboxylic acids is 1. The number of nitrogens with one attached hydrogen (secondary N) is 1. The number of hydrogen-bond donors (Lipinski definition) is 2. The van der Waals surface area contributed by atoms with Crippen LogP contribution in [0.1, 0.15) is 15.9 Å². The van der Waals surface area contributed by atoms with Crippen molar-refractivity contribution in [3.8, 4) is 0 Å². The van der Waals surface area contributed by atoms with Gasteiger partial charge in [0.25, 0.3) is 5.16 Å². The molecule has 0 saturated carbocycles. The molecule has 0 bridgehead atoms. The number of imidazole rings is 1. The van der Waals surface area contributed by atoms with Gasteiger partial charge in [0, 0.05) is 11.1 Å². The molecule has 0 aliphatic carbocycles. The van der Waals surface area contributed by atoms with Crippen molar-refractivity contribution < 1.29 is 17.8 Å². The lowest BCUT2D eigenvalue weighted by atomic mass is 10.0. The van der Waals surface area contributed by atoms with Gasteiger partial charge in [0.15, 0.2) is 5.78 Å². The van der Waals surface area contributed by atoms with E-state index >= 15 is 0 Å². The summed E-state index contributed by atoms with van der Waals surface area (Å²) in [6.07, 6.45) is 0. The molecular weight excluding hydrogens is 292 g/mol. The number of rotatable bonds is 3. The van der Waals surface area contributed by atoms with Crippen LogP contribution in [0.4, 0.5) is 0 Å². The number of hydrogen-bond acceptors (Lipinski definition) is 4. The summed E-state index contributed by atoms with van der Waals surface area (Å²) < 4.78 is 31.0. The molecule has 7 heteroatoms. The minimum atomic E-state index is -4.40. The zero-order valence-corrected chi connectivity index (χ0v) is 11.5. The van der Waals surface area contributed by atoms with Crippen LogP contribution in [0.5, 0.6) is 0 Å². The first-order chi connectivity index (χ1) is 9.95. The van der Waals surface area contributed by atoms with Crippen molar-refractivity contribution in [2.75, 3.05) is 0 Å². The second-order valence-electron chi connectivity index (χ2n) is 4.44. The highest BCUT2D eigenvalue weighted by molar-refractivity contribution is 7.85. The van der Waals surface area contributed by atoms with E-state index in [2.05, 4.69) is 9.97 Å². The van der Waals surface area contributed by atoms with Crippen molar-refractivity contribution in [1.29, 1.82) is 0 Å². The minimum Gasteiger partial charge on any atom is -0.327 e. The Labute approximate surface area is 120 Å². The third-order valence-corrected chi connectivity index (χ3v) is 3.68. The highest BCUT2D eigenvalue weighted by Gasteiger charge is 2.16. The van der Waals surface area contributed by atoms with E-state index in [1.54, 1.807) is 30.3 Å². The topological polar surface area (TPSA) is 100 Å². The fourth-order valence-corrected chi connectivity index (χ4v) is 2.46. The van der Waals surface area contributed by atoms with Gasteiger partial charge < -0.3 is 4.98 Å². The van der Waals surface area contributed by atoms with Gasteiger partial charge in [-0.2, -0.15) is 8.42 Å². The van der Waals surface area contributed by atoms with Gasteiger partial charge in [-0.1, -0.05) is 30.3 Å². The van der Waals surface area contributed by atoms with E-state index in [-0.39, 0.29) is 5.78 Å². The van der Waals surface area contributed by atoms with Gasteiger partial charge in [0.2, 0.25) is 0 Å². The smallest absolute Gasteiger partial charge is 0.327 e. The molecule has 2 aromatic carbocycles. The Morgan fingerprint density at radius 1 is 1.05 bits per heavy atom. The van der Waals surface area contributed by atoms with Crippen molar-refractivity contribution in [2.24, 2.45) is 0 Å². The Bertz CT molecular complexity index is 930. The Morgan fingerprint density at radius 2 is 1.76 bits per heavy atom. The number of fused-ring (bicyclic) bond motifs is 1. The van der Waals surface area contributed by atoms with Crippen LogP contribution in [0.2, 0.25) is 0 Å². The molecular formula is C14H10N2O4S. The first kappa shape index (κ1) is 13.5. The summed E-state index contributed by atoms with van der Waals surface area (Å²) in [6.45, 7) is 0. The predicted octanol–water partition coefficient (Wildman–Crippen LogP) is 2.04. The van der Waals surface area contributed by atoms with Crippen LogP contribution in [0.3, 0.4) is 0 Å². The Balaban J connectivity index is 2.07. The molecule has 0 aliphatic heterocycles. The number of nitrogens with zero attached hydrogens (tertiary/aromatic N) is 1. The highest BCUT2D eigenvalue weighted by atomic mass is 32.2. The SMILES string of the molecule is O=C(c1ccccc1)c1ccc2nc(S(=O)(=O)O)[nH]c2c1. The second-order valence-corrected chi connectivity index (χ2v) is 5.78. The van der Waals surface area contributed by atoms with E-state index in [1.165, 1.54) is 12.1 Å². The minimum absolute atomic E-state index is 0.180. The number of H-pyrrole nitrogens is 1. The predicted molar refractivity (Wildman–Crippen MR) is 75.8 cm³/mol. The fourth-order valence-electron chi connectivity index (χ4n) is 2.01. The van der Waals surface area contributed by atoms with Crippen LogP contribution in [0, 0.1) is 0 Å². The normalized spacial score (nSPS) is 11.7. The summed E-state index contributed by atoms with van der Waals surface area (Å²) >= 11 is 0. The molecule has 6 nitrogen and oxygen atoms in total. The summed E-state index contributed by atoms with van der Waals surface area (Å²) in [4.78, 5) is 18.5. The van der Waals surface area contributed by atoms with Gasteiger partial charge in [-0.15, -0.1) is 0 Å². The van der Waals surface area contributed by atoms with Gasteiger partial charge in [-0.3, -0.25) is 9.35 Å². The molecule has 0 atom stereocenters. The van der Waals surface area contributed by atoms with E-state index in [0.29, 0.717) is 22.2 Å². The van der Waals surface area contributed by atoms with E-state index in [0.717, 1.165) is 0 Å². The van der Waals surface area contributed by atoms with Crippen molar-refractivity contribution in [3.63, 3.8) is 0 Å². The number of aromatic nitrogens is 2. The summed E-state index contributed by atoms with van der Waals surface area (Å²) in [6, 6.07) is 13.3. The quantitative estimate of drug-likeness (QED) is 0.569.